The zero-order valence-corrected chi connectivity index (χ0v) is 19.2. The lowest BCUT2D eigenvalue weighted by Crippen LogP contribution is -2.15. The second-order valence-corrected chi connectivity index (χ2v) is 7.49. The number of para-hydroxylation sites is 1. The first kappa shape index (κ1) is 22.9. The molecule has 0 radical (unpaired) electrons. The van der Waals surface area contributed by atoms with E-state index in [4.69, 9.17) is 20.3 Å². The van der Waals surface area contributed by atoms with Crippen molar-refractivity contribution in [2.75, 3.05) is 36.8 Å². The maximum atomic E-state index is 5.88. The minimum Gasteiger partial charge on any atom is -0.493 e. The van der Waals surface area contributed by atoms with Crippen molar-refractivity contribution in [1.82, 2.24) is 9.97 Å². The summed E-state index contributed by atoms with van der Waals surface area (Å²) in [6.07, 6.45) is 0.755. The van der Waals surface area contributed by atoms with Gasteiger partial charge in [-0.05, 0) is 41.8 Å². The molecule has 0 aliphatic rings. The molecule has 0 bridgehead atoms. The summed E-state index contributed by atoms with van der Waals surface area (Å²) in [6.45, 7) is 0.640. The van der Waals surface area contributed by atoms with E-state index in [-0.39, 0.29) is 0 Å². The number of hydrazine groups is 1. The van der Waals surface area contributed by atoms with Crippen molar-refractivity contribution in [1.29, 1.82) is 0 Å². The van der Waals surface area contributed by atoms with Crippen molar-refractivity contribution in [3.05, 3.63) is 84.4 Å². The van der Waals surface area contributed by atoms with E-state index in [1.165, 1.54) is 0 Å². The lowest BCUT2D eigenvalue weighted by atomic mass is 10.1. The summed E-state index contributed by atoms with van der Waals surface area (Å²) in [7, 11) is 3.26. The van der Waals surface area contributed by atoms with Crippen LogP contribution in [0.2, 0.25) is 0 Å². The summed E-state index contributed by atoms with van der Waals surface area (Å²) >= 11 is 0. The summed E-state index contributed by atoms with van der Waals surface area (Å²) in [5.41, 5.74) is 6.48. The summed E-state index contributed by atoms with van der Waals surface area (Å²) < 4.78 is 10.8. The molecule has 0 spiro atoms. The zero-order chi connectivity index (χ0) is 23.8. The highest BCUT2D eigenvalue weighted by Crippen LogP contribution is 2.34. The van der Waals surface area contributed by atoms with Gasteiger partial charge < -0.3 is 25.5 Å². The van der Waals surface area contributed by atoms with Crippen LogP contribution in [0.5, 0.6) is 11.5 Å². The van der Waals surface area contributed by atoms with E-state index < -0.39 is 0 Å². The number of hydrogen-bond acceptors (Lipinski definition) is 8. The molecule has 8 nitrogen and oxygen atoms in total. The quantitative estimate of drug-likeness (QED) is 0.198. The van der Waals surface area contributed by atoms with Gasteiger partial charge >= 0.3 is 0 Å². The number of nitrogen functional groups attached to an aromatic ring is 1. The molecule has 3 aromatic carbocycles. The fraction of sp³-hybridized carbons (Fsp3) is 0.154. The third-order valence-electron chi connectivity index (χ3n) is 5.29. The van der Waals surface area contributed by atoms with Crippen molar-refractivity contribution in [2.24, 2.45) is 5.84 Å². The van der Waals surface area contributed by atoms with E-state index in [1.54, 1.807) is 14.2 Å². The Labute approximate surface area is 199 Å². The van der Waals surface area contributed by atoms with Gasteiger partial charge in [0.15, 0.2) is 17.3 Å². The van der Waals surface area contributed by atoms with Crippen LogP contribution >= 0.6 is 0 Å². The molecule has 0 aliphatic heterocycles. The first-order valence-corrected chi connectivity index (χ1v) is 10.9. The number of benzene rings is 3. The fourth-order valence-corrected chi connectivity index (χ4v) is 3.64. The number of methoxy groups -OCH3 is 2. The van der Waals surface area contributed by atoms with E-state index in [9.17, 15) is 0 Å². The van der Waals surface area contributed by atoms with Gasteiger partial charge in [0.2, 0.25) is 5.95 Å². The highest BCUT2D eigenvalue weighted by molar-refractivity contribution is 5.85. The molecule has 0 saturated heterocycles. The number of nitrogens with two attached hydrogens (primary N) is 1. The standard InChI is InChI=1S/C26H28N6O2/c1-33-21-14-13-18(17-22(21)34-2)15-16-28-24-23(19-9-5-3-6-10-19)25(32-27)31-26(30-24)29-20-11-7-4-8-12-20/h3-14,17H,15-16,27H2,1-2H3,(H3,28,29,30,31,32). The van der Waals surface area contributed by atoms with Gasteiger partial charge in [-0.2, -0.15) is 9.97 Å². The molecule has 4 aromatic rings. The average Bonchev–Trinajstić information content (AvgIpc) is 2.89. The molecule has 174 valence electrons. The first-order valence-electron chi connectivity index (χ1n) is 10.9. The Morgan fingerprint density at radius 2 is 1.47 bits per heavy atom. The second-order valence-electron chi connectivity index (χ2n) is 7.49. The monoisotopic (exact) mass is 456 g/mol. The van der Waals surface area contributed by atoms with Crippen LogP contribution in [0.15, 0.2) is 78.9 Å². The molecular formula is C26H28N6O2. The second kappa shape index (κ2) is 11.0. The lowest BCUT2D eigenvalue weighted by molar-refractivity contribution is 0.354. The van der Waals surface area contributed by atoms with Gasteiger partial charge in [0.1, 0.15) is 5.82 Å². The van der Waals surface area contributed by atoms with Crippen molar-refractivity contribution < 1.29 is 9.47 Å². The summed E-state index contributed by atoms with van der Waals surface area (Å²) in [6, 6.07) is 25.6. The number of hydrogen-bond donors (Lipinski definition) is 4. The number of aromatic nitrogens is 2. The van der Waals surface area contributed by atoms with Crippen LogP contribution < -0.4 is 31.4 Å². The zero-order valence-electron chi connectivity index (χ0n) is 19.2. The molecule has 0 unspecified atom stereocenters. The number of rotatable bonds is 10. The Morgan fingerprint density at radius 3 is 2.15 bits per heavy atom. The van der Waals surface area contributed by atoms with E-state index >= 15 is 0 Å². The lowest BCUT2D eigenvalue weighted by Gasteiger charge is -2.17. The molecular weight excluding hydrogens is 428 g/mol. The molecule has 0 saturated carbocycles. The Hall–Kier alpha value is -4.30. The Kier molecular flexibility index (Phi) is 7.42. The molecule has 0 amide bonds. The summed E-state index contributed by atoms with van der Waals surface area (Å²) in [5.74, 6) is 8.92. The molecule has 4 rings (SSSR count). The first-order chi connectivity index (χ1) is 16.7. The van der Waals surface area contributed by atoms with Gasteiger partial charge in [-0.3, -0.25) is 0 Å². The Morgan fingerprint density at radius 1 is 0.794 bits per heavy atom. The SMILES string of the molecule is COc1ccc(CCNc2nc(Nc3ccccc3)nc(NN)c2-c2ccccc2)cc1OC. The third-order valence-corrected chi connectivity index (χ3v) is 5.29. The van der Waals surface area contributed by atoms with Crippen molar-refractivity contribution in [3.63, 3.8) is 0 Å². The summed E-state index contributed by atoms with van der Waals surface area (Å²) in [4.78, 5) is 9.37. The number of ether oxygens (including phenoxy) is 2. The minimum atomic E-state index is 0.437. The van der Waals surface area contributed by atoms with Crippen molar-refractivity contribution >= 4 is 23.3 Å². The normalized spacial score (nSPS) is 10.4. The van der Waals surface area contributed by atoms with Crippen molar-refractivity contribution in [3.8, 4) is 22.6 Å². The number of anilines is 4. The molecule has 34 heavy (non-hydrogen) atoms. The van der Waals surface area contributed by atoms with Gasteiger partial charge in [0, 0.05) is 12.2 Å². The third kappa shape index (κ3) is 5.36. The number of nitrogens with zero attached hydrogens (tertiary/aromatic N) is 2. The van der Waals surface area contributed by atoms with E-state index in [0.717, 1.165) is 28.8 Å². The maximum Gasteiger partial charge on any atom is 0.231 e. The molecule has 1 heterocycles. The van der Waals surface area contributed by atoms with Gasteiger partial charge in [-0.1, -0.05) is 54.6 Å². The minimum absolute atomic E-state index is 0.437. The smallest absolute Gasteiger partial charge is 0.231 e. The molecule has 0 aliphatic carbocycles. The van der Waals surface area contributed by atoms with Gasteiger partial charge in [-0.15, -0.1) is 0 Å². The maximum absolute atomic E-state index is 5.88. The Bertz CT molecular complexity index is 1220. The molecule has 0 fully saturated rings. The predicted molar refractivity (Wildman–Crippen MR) is 137 cm³/mol. The molecule has 8 heteroatoms. The molecule has 1 aromatic heterocycles. The van der Waals surface area contributed by atoms with Gasteiger partial charge in [0.05, 0.1) is 19.8 Å². The van der Waals surface area contributed by atoms with Crippen LogP contribution in [0.25, 0.3) is 11.1 Å². The van der Waals surface area contributed by atoms with Crippen molar-refractivity contribution in [2.45, 2.75) is 6.42 Å². The van der Waals surface area contributed by atoms with E-state index in [2.05, 4.69) is 21.0 Å². The summed E-state index contributed by atoms with van der Waals surface area (Å²) in [5, 5.41) is 6.71. The van der Waals surface area contributed by atoms with Crippen LogP contribution in [-0.4, -0.2) is 30.7 Å². The fourth-order valence-electron chi connectivity index (χ4n) is 3.64. The van der Waals surface area contributed by atoms with Gasteiger partial charge in [-0.25, -0.2) is 5.84 Å². The predicted octanol–water partition coefficient (Wildman–Crippen LogP) is 4.84. The highest BCUT2D eigenvalue weighted by Gasteiger charge is 2.16. The van der Waals surface area contributed by atoms with Gasteiger partial charge in [0.25, 0.3) is 0 Å². The molecule has 0 atom stereocenters. The van der Waals surface area contributed by atoms with Crippen LogP contribution in [0, 0.1) is 0 Å². The van der Waals surface area contributed by atoms with E-state index in [0.29, 0.717) is 35.6 Å². The van der Waals surface area contributed by atoms with Crippen LogP contribution in [0.4, 0.5) is 23.3 Å². The Balaban J connectivity index is 1.62. The largest absolute Gasteiger partial charge is 0.493 e. The molecule has 5 N–H and O–H groups in total. The highest BCUT2D eigenvalue weighted by atomic mass is 16.5. The average molecular weight is 457 g/mol. The number of nitrogens with one attached hydrogen (secondary N) is 3. The topological polar surface area (TPSA) is 106 Å². The van der Waals surface area contributed by atoms with Crippen LogP contribution in [0.3, 0.4) is 0 Å². The van der Waals surface area contributed by atoms with Crippen LogP contribution in [0.1, 0.15) is 5.56 Å². The van der Waals surface area contributed by atoms with E-state index in [1.807, 2.05) is 78.9 Å². The van der Waals surface area contributed by atoms with Crippen LogP contribution in [-0.2, 0) is 6.42 Å².